The summed E-state index contributed by atoms with van der Waals surface area (Å²) in [5.41, 5.74) is 0. The Morgan fingerprint density at radius 1 is 1.41 bits per heavy atom. The van der Waals surface area contributed by atoms with Gasteiger partial charge in [0.25, 0.3) is 0 Å². The number of rotatable bonds is 2. The topological polar surface area (TPSA) is 68.8 Å². The fourth-order valence-electron chi connectivity index (χ4n) is 1.06. The predicted molar refractivity (Wildman–Crippen MR) is 61.2 cm³/mol. The monoisotopic (exact) mass is 243 g/mol. The molecule has 0 heterocycles. The van der Waals surface area contributed by atoms with Crippen molar-refractivity contribution in [1.82, 2.24) is 9.96 Å². The maximum Gasteiger partial charge on any atom is 0.470 e. The van der Waals surface area contributed by atoms with Crippen molar-refractivity contribution in [2.24, 2.45) is 0 Å². The molecule has 96 valence electrons. The number of hydrogen-bond acceptors (Lipinski definition) is 4. The molecule has 0 N–H and O–H groups in total. The van der Waals surface area contributed by atoms with Gasteiger partial charge in [-0.05, 0) is 6.92 Å². The van der Waals surface area contributed by atoms with E-state index in [0.717, 1.165) is 5.06 Å². The Bertz CT molecular complexity index is 329. The molecular weight excluding hydrogens is 224 g/mol. The summed E-state index contributed by atoms with van der Waals surface area (Å²) in [6, 6.07) is 2.26. The molecule has 0 radical (unpaired) electrons. The number of carbonyl (C=O) groups excluding carboxylic acids is 1. The van der Waals surface area contributed by atoms with Crippen molar-refractivity contribution in [3.8, 4) is 6.07 Å². The van der Waals surface area contributed by atoms with Crippen molar-refractivity contribution < 1.29 is 18.9 Å². The highest BCUT2D eigenvalue weighted by Gasteiger charge is 2.24. The van der Waals surface area contributed by atoms with E-state index in [4.69, 9.17) is 14.8 Å². The van der Waals surface area contributed by atoms with Gasteiger partial charge in [-0.2, -0.15) is 5.26 Å². The first-order valence-corrected chi connectivity index (χ1v) is 5.14. The van der Waals surface area contributed by atoms with Gasteiger partial charge >= 0.3 is 12.1 Å². The number of ether oxygens (including phenoxy) is 1. The summed E-state index contributed by atoms with van der Waals surface area (Å²) < 4.78 is 6.46. The molecule has 0 bridgehead atoms. The highest BCUT2D eigenvalue weighted by Crippen LogP contribution is 1.98. The number of nitriles is 1. The Labute approximate surface area is 101 Å². The second-order valence-corrected chi connectivity index (χ2v) is 3.56. The third-order valence-corrected chi connectivity index (χ3v) is 1.64. The maximum atomic E-state index is 11.5. The number of amides is 1. The first-order valence-electron chi connectivity index (χ1n) is 5.14. The second kappa shape index (κ2) is 7.33. The summed E-state index contributed by atoms with van der Waals surface area (Å²) >= 11 is 0. The van der Waals surface area contributed by atoms with Gasteiger partial charge in [-0.3, -0.25) is 4.84 Å². The van der Waals surface area contributed by atoms with Gasteiger partial charge in [0.05, 0.1) is 40.9 Å². The molecule has 17 heavy (non-hydrogen) atoms. The SMILES string of the molecule is CCOC(=O)N(CC#N)OC(N(C)C)=[N+](C)C. The number of carbonyl (C=O) groups is 1. The minimum absolute atomic E-state index is 0.204. The Morgan fingerprint density at radius 3 is 2.35 bits per heavy atom. The van der Waals surface area contributed by atoms with Gasteiger partial charge < -0.3 is 4.74 Å². The van der Waals surface area contributed by atoms with Gasteiger partial charge in [0.15, 0.2) is 0 Å². The lowest BCUT2D eigenvalue weighted by molar-refractivity contribution is -0.485. The van der Waals surface area contributed by atoms with E-state index >= 15 is 0 Å². The van der Waals surface area contributed by atoms with Crippen molar-refractivity contribution in [2.45, 2.75) is 6.92 Å². The molecule has 0 aliphatic rings. The van der Waals surface area contributed by atoms with Crippen LogP contribution in [0.25, 0.3) is 0 Å². The number of amidine groups is 1. The minimum Gasteiger partial charge on any atom is -0.448 e. The van der Waals surface area contributed by atoms with Crippen LogP contribution in [-0.2, 0) is 9.57 Å². The first-order chi connectivity index (χ1) is 7.93. The van der Waals surface area contributed by atoms with Crippen LogP contribution in [0.15, 0.2) is 0 Å². The second-order valence-electron chi connectivity index (χ2n) is 3.56. The zero-order valence-electron chi connectivity index (χ0n) is 10.9. The van der Waals surface area contributed by atoms with Crippen molar-refractivity contribution >= 4 is 12.1 Å². The zero-order chi connectivity index (χ0) is 13.4. The Balaban J connectivity index is 4.81. The number of hydroxylamine groups is 2. The minimum atomic E-state index is -0.685. The molecule has 0 aliphatic carbocycles. The van der Waals surface area contributed by atoms with E-state index in [1.807, 2.05) is 6.07 Å². The van der Waals surface area contributed by atoms with E-state index in [1.54, 1.807) is 44.6 Å². The van der Waals surface area contributed by atoms with Crippen LogP contribution in [0.2, 0.25) is 0 Å². The van der Waals surface area contributed by atoms with E-state index in [1.165, 1.54) is 0 Å². The molecule has 7 nitrogen and oxygen atoms in total. The molecule has 0 aromatic heterocycles. The number of nitrogens with zero attached hydrogens (tertiary/aromatic N) is 4. The summed E-state index contributed by atoms with van der Waals surface area (Å²) in [7, 11) is 7.08. The summed E-state index contributed by atoms with van der Waals surface area (Å²) in [6.07, 6.45) is -0.685. The Hall–Kier alpha value is -1.97. The molecule has 7 heteroatoms. The average Bonchev–Trinajstić information content (AvgIpc) is 2.23. The highest BCUT2D eigenvalue weighted by atomic mass is 16.7. The largest absolute Gasteiger partial charge is 0.470 e. The summed E-state index contributed by atoms with van der Waals surface area (Å²) in [5.74, 6) is 0. The molecule has 1 amide bonds. The summed E-state index contributed by atoms with van der Waals surface area (Å²) in [6.45, 7) is 1.71. The fourth-order valence-corrected chi connectivity index (χ4v) is 1.06. The molecule has 0 unspecified atom stereocenters. The molecule has 0 fully saturated rings. The third-order valence-electron chi connectivity index (χ3n) is 1.64. The van der Waals surface area contributed by atoms with Crippen LogP contribution in [0.1, 0.15) is 6.92 Å². The lowest BCUT2D eigenvalue weighted by Gasteiger charge is -2.19. The van der Waals surface area contributed by atoms with Crippen LogP contribution in [0.3, 0.4) is 0 Å². The first kappa shape index (κ1) is 15.0. The molecule has 0 aliphatic heterocycles. The molecule has 0 atom stereocenters. The van der Waals surface area contributed by atoms with E-state index in [2.05, 4.69) is 0 Å². The van der Waals surface area contributed by atoms with Gasteiger partial charge in [0.2, 0.25) is 0 Å². The van der Waals surface area contributed by atoms with E-state index < -0.39 is 6.09 Å². The van der Waals surface area contributed by atoms with Crippen molar-refractivity contribution in [3.63, 3.8) is 0 Å². The smallest absolute Gasteiger partial charge is 0.448 e. The van der Waals surface area contributed by atoms with Crippen LogP contribution in [0.4, 0.5) is 4.79 Å². The van der Waals surface area contributed by atoms with E-state index in [0.29, 0.717) is 6.02 Å². The Kier molecular flexibility index (Phi) is 6.48. The van der Waals surface area contributed by atoms with Gasteiger partial charge in [-0.25, -0.2) is 14.3 Å². The van der Waals surface area contributed by atoms with Crippen LogP contribution in [-0.4, -0.2) is 68.0 Å². The molecular formula is C10H19N4O3+. The Morgan fingerprint density at radius 2 is 2.00 bits per heavy atom. The van der Waals surface area contributed by atoms with Gasteiger partial charge in [0, 0.05) is 0 Å². The van der Waals surface area contributed by atoms with Gasteiger partial charge in [-0.1, -0.05) is 0 Å². The molecule has 0 saturated heterocycles. The van der Waals surface area contributed by atoms with Gasteiger partial charge in [0.1, 0.15) is 6.54 Å². The van der Waals surface area contributed by atoms with Crippen LogP contribution in [0, 0.1) is 11.3 Å². The zero-order valence-corrected chi connectivity index (χ0v) is 10.9. The third kappa shape index (κ3) is 5.06. The predicted octanol–water partition coefficient (Wildman–Crippen LogP) is 0.0898. The highest BCUT2D eigenvalue weighted by molar-refractivity contribution is 5.72. The van der Waals surface area contributed by atoms with E-state index in [9.17, 15) is 4.79 Å². The average molecular weight is 243 g/mol. The van der Waals surface area contributed by atoms with Crippen molar-refractivity contribution in [1.29, 1.82) is 5.26 Å². The summed E-state index contributed by atoms with van der Waals surface area (Å²) in [5, 5.41) is 9.50. The van der Waals surface area contributed by atoms with Gasteiger partial charge in [-0.15, -0.1) is 5.06 Å². The maximum absolute atomic E-state index is 11.5. The fraction of sp³-hybridized carbons (Fsp3) is 0.700. The molecule has 0 saturated carbocycles. The molecule has 0 aromatic rings. The van der Waals surface area contributed by atoms with Crippen LogP contribution < -0.4 is 0 Å². The van der Waals surface area contributed by atoms with Crippen LogP contribution >= 0.6 is 0 Å². The lowest BCUT2D eigenvalue weighted by atomic mass is 10.7. The quantitative estimate of drug-likeness (QED) is 0.226. The van der Waals surface area contributed by atoms with E-state index in [-0.39, 0.29) is 13.2 Å². The standard InChI is InChI=1S/C10H19N4O3/c1-6-16-10(15)14(8-7-11)17-9(12(2)3)13(4)5/h6,8H2,1-5H3/q+1. The normalized spacial score (nSPS) is 8.94. The summed E-state index contributed by atoms with van der Waals surface area (Å²) in [4.78, 5) is 18.5. The molecule has 0 spiro atoms. The molecule has 0 rings (SSSR count). The van der Waals surface area contributed by atoms with Crippen molar-refractivity contribution in [2.75, 3.05) is 41.3 Å². The van der Waals surface area contributed by atoms with Crippen molar-refractivity contribution in [3.05, 3.63) is 0 Å². The lowest BCUT2D eigenvalue weighted by Crippen LogP contribution is -2.42. The molecule has 0 aromatic carbocycles. The van der Waals surface area contributed by atoms with Crippen LogP contribution in [0.5, 0.6) is 0 Å². The number of hydrogen-bond donors (Lipinski definition) is 0.